The molecule has 0 N–H and O–H groups in total. The van der Waals surface area contributed by atoms with E-state index in [0.29, 0.717) is 42.4 Å². The maximum Gasteiger partial charge on any atom is 0.253 e. The molecule has 7 nitrogen and oxygen atoms in total. The number of benzene rings is 3. The van der Waals surface area contributed by atoms with Gasteiger partial charge in [0.25, 0.3) is 5.91 Å². The van der Waals surface area contributed by atoms with Crippen molar-refractivity contribution in [1.82, 2.24) is 9.80 Å². The van der Waals surface area contributed by atoms with Crippen LogP contribution in [0.25, 0.3) is 0 Å². The van der Waals surface area contributed by atoms with Gasteiger partial charge in [-0.3, -0.25) is 9.59 Å². The molecule has 0 spiro atoms. The van der Waals surface area contributed by atoms with E-state index in [4.69, 9.17) is 14.2 Å². The van der Waals surface area contributed by atoms with E-state index in [1.165, 1.54) is 0 Å². The number of likely N-dealkylation sites (tertiary alicyclic amines) is 1. The van der Waals surface area contributed by atoms with Gasteiger partial charge in [-0.2, -0.15) is 0 Å². The molecule has 0 aromatic heterocycles. The van der Waals surface area contributed by atoms with Crippen LogP contribution in [0.4, 0.5) is 0 Å². The van der Waals surface area contributed by atoms with Crippen molar-refractivity contribution in [3.05, 3.63) is 89.5 Å². The lowest BCUT2D eigenvalue weighted by atomic mass is 9.87. The molecule has 0 bridgehead atoms. The minimum absolute atomic E-state index is 0.0150. The van der Waals surface area contributed by atoms with Gasteiger partial charge in [-0.05, 0) is 48.0 Å². The van der Waals surface area contributed by atoms with Gasteiger partial charge < -0.3 is 24.0 Å². The van der Waals surface area contributed by atoms with Crippen LogP contribution in [0.15, 0.2) is 72.8 Å². The van der Waals surface area contributed by atoms with Gasteiger partial charge in [0.1, 0.15) is 17.2 Å². The van der Waals surface area contributed by atoms with Gasteiger partial charge in [0, 0.05) is 43.7 Å². The largest absolute Gasteiger partial charge is 0.497 e. The Morgan fingerprint density at radius 1 is 0.861 bits per heavy atom. The first-order chi connectivity index (χ1) is 17.4. The van der Waals surface area contributed by atoms with Crippen molar-refractivity contribution in [2.45, 2.75) is 12.5 Å². The number of carbonyl (C=O) groups is 2. The number of rotatable bonds is 8. The summed E-state index contributed by atoms with van der Waals surface area (Å²) in [7, 11) is 6.61. The molecule has 0 radical (unpaired) electrons. The van der Waals surface area contributed by atoms with Crippen molar-refractivity contribution in [3.63, 3.8) is 0 Å². The average Bonchev–Trinajstić information content (AvgIpc) is 3.37. The molecular formula is C29H32N2O5. The molecule has 0 saturated carbocycles. The van der Waals surface area contributed by atoms with Gasteiger partial charge in [0.2, 0.25) is 5.91 Å². The second-order valence-electron chi connectivity index (χ2n) is 8.94. The second-order valence-corrected chi connectivity index (χ2v) is 8.94. The first-order valence-corrected chi connectivity index (χ1v) is 11.9. The number of amides is 2. The van der Waals surface area contributed by atoms with E-state index in [1.807, 2.05) is 55.6 Å². The lowest BCUT2D eigenvalue weighted by Gasteiger charge is -2.25. The zero-order chi connectivity index (χ0) is 25.7. The van der Waals surface area contributed by atoms with Crippen LogP contribution in [0.5, 0.6) is 17.2 Å². The van der Waals surface area contributed by atoms with E-state index in [0.717, 1.165) is 11.1 Å². The quantitative estimate of drug-likeness (QED) is 0.475. The lowest BCUT2D eigenvalue weighted by Crippen LogP contribution is -2.36. The number of hydrogen-bond donors (Lipinski definition) is 0. The van der Waals surface area contributed by atoms with E-state index in [9.17, 15) is 9.59 Å². The summed E-state index contributed by atoms with van der Waals surface area (Å²) in [5, 5.41) is 0. The molecule has 0 unspecified atom stereocenters. The summed E-state index contributed by atoms with van der Waals surface area (Å²) in [6.45, 7) is 1.20. The maximum atomic E-state index is 13.8. The van der Waals surface area contributed by atoms with Crippen LogP contribution in [0.1, 0.15) is 27.4 Å². The highest BCUT2D eigenvalue weighted by Crippen LogP contribution is 2.40. The Morgan fingerprint density at radius 3 is 2.17 bits per heavy atom. The summed E-state index contributed by atoms with van der Waals surface area (Å²) in [6, 6.07) is 22.5. The molecule has 2 atom stereocenters. The Labute approximate surface area is 212 Å². The van der Waals surface area contributed by atoms with Crippen molar-refractivity contribution in [1.29, 1.82) is 0 Å². The monoisotopic (exact) mass is 488 g/mol. The number of methoxy groups -OCH3 is 3. The van der Waals surface area contributed by atoms with Crippen molar-refractivity contribution in [3.8, 4) is 17.2 Å². The summed E-state index contributed by atoms with van der Waals surface area (Å²) in [4.78, 5) is 30.7. The lowest BCUT2D eigenvalue weighted by molar-refractivity contribution is -0.134. The highest BCUT2D eigenvalue weighted by molar-refractivity contribution is 5.95. The molecule has 3 aromatic rings. The highest BCUT2D eigenvalue weighted by atomic mass is 16.5. The first kappa shape index (κ1) is 25.1. The Balaban J connectivity index is 1.65. The molecule has 3 aromatic carbocycles. The third-order valence-electron chi connectivity index (χ3n) is 6.74. The van der Waals surface area contributed by atoms with Crippen LogP contribution in [-0.2, 0) is 11.3 Å². The van der Waals surface area contributed by atoms with Gasteiger partial charge in [-0.25, -0.2) is 0 Å². The van der Waals surface area contributed by atoms with E-state index in [-0.39, 0.29) is 17.7 Å². The van der Waals surface area contributed by atoms with Crippen molar-refractivity contribution < 1.29 is 23.8 Å². The van der Waals surface area contributed by atoms with E-state index >= 15 is 0 Å². The smallest absolute Gasteiger partial charge is 0.253 e. The second kappa shape index (κ2) is 11.2. The maximum absolute atomic E-state index is 13.8. The fourth-order valence-corrected chi connectivity index (χ4v) is 4.80. The zero-order valence-electron chi connectivity index (χ0n) is 21.1. The summed E-state index contributed by atoms with van der Waals surface area (Å²) in [5.41, 5.74) is 2.46. The standard InChI is InChI=1S/C29H32N2O5/c1-30(17-20-8-6-5-7-9-20)29(33)26-19-31(28(32)21-10-12-22(34-2)13-11-21)18-25(26)24-16-23(35-3)14-15-27(24)36-4/h5-16,25-26H,17-19H2,1-4H3/t25-,26-/m1/s1. The predicted molar refractivity (Wildman–Crippen MR) is 138 cm³/mol. The molecule has 2 amide bonds. The van der Waals surface area contributed by atoms with Crippen LogP contribution in [-0.4, -0.2) is 63.1 Å². The van der Waals surface area contributed by atoms with Gasteiger partial charge in [-0.15, -0.1) is 0 Å². The summed E-state index contributed by atoms with van der Waals surface area (Å²) >= 11 is 0. The molecule has 36 heavy (non-hydrogen) atoms. The van der Waals surface area contributed by atoms with E-state index in [1.54, 1.807) is 55.4 Å². The predicted octanol–water partition coefficient (Wildman–Crippen LogP) is 4.23. The molecule has 4 rings (SSSR count). The highest BCUT2D eigenvalue weighted by Gasteiger charge is 2.43. The van der Waals surface area contributed by atoms with Crippen molar-refractivity contribution in [2.24, 2.45) is 5.92 Å². The first-order valence-electron chi connectivity index (χ1n) is 11.9. The summed E-state index contributed by atoms with van der Waals surface area (Å²) in [5.74, 6) is 1.22. The van der Waals surface area contributed by atoms with Crippen molar-refractivity contribution in [2.75, 3.05) is 41.5 Å². The molecule has 1 heterocycles. The van der Waals surface area contributed by atoms with Crippen LogP contribution in [0.2, 0.25) is 0 Å². The van der Waals surface area contributed by atoms with Crippen LogP contribution < -0.4 is 14.2 Å². The molecule has 1 aliphatic rings. The number of ether oxygens (including phenoxy) is 3. The molecule has 0 aliphatic carbocycles. The Morgan fingerprint density at radius 2 is 1.53 bits per heavy atom. The minimum atomic E-state index is -0.429. The Hall–Kier alpha value is -4.00. The third-order valence-corrected chi connectivity index (χ3v) is 6.74. The van der Waals surface area contributed by atoms with Crippen LogP contribution in [0.3, 0.4) is 0 Å². The van der Waals surface area contributed by atoms with Gasteiger partial charge in [-0.1, -0.05) is 30.3 Å². The minimum Gasteiger partial charge on any atom is -0.497 e. The number of nitrogens with zero attached hydrogens (tertiary/aromatic N) is 2. The molecule has 1 saturated heterocycles. The van der Waals surface area contributed by atoms with Gasteiger partial charge in [0.15, 0.2) is 0 Å². The molecule has 7 heteroatoms. The molecule has 188 valence electrons. The molecule has 1 aliphatic heterocycles. The number of hydrogen-bond acceptors (Lipinski definition) is 5. The van der Waals surface area contributed by atoms with Crippen LogP contribution >= 0.6 is 0 Å². The topological polar surface area (TPSA) is 68.3 Å². The average molecular weight is 489 g/mol. The van der Waals surface area contributed by atoms with Crippen LogP contribution in [0, 0.1) is 5.92 Å². The zero-order valence-corrected chi connectivity index (χ0v) is 21.1. The molecule has 1 fully saturated rings. The van der Waals surface area contributed by atoms with Gasteiger partial charge >= 0.3 is 0 Å². The Kier molecular flexibility index (Phi) is 7.78. The fraction of sp³-hybridized carbons (Fsp3) is 0.310. The van der Waals surface area contributed by atoms with E-state index in [2.05, 4.69) is 0 Å². The third kappa shape index (κ3) is 5.30. The molecular weight excluding hydrogens is 456 g/mol. The SMILES string of the molecule is COc1ccc(C(=O)N2C[C@H](c3cc(OC)ccc3OC)[C@H](C(=O)N(C)Cc3ccccc3)C2)cc1. The number of carbonyl (C=O) groups excluding carboxylic acids is 2. The van der Waals surface area contributed by atoms with Gasteiger partial charge in [0.05, 0.1) is 27.2 Å². The summed E-state index contributed by atoms with van der Waals surface area (Å²) < 4.78 is 16.3. The Bertz CT molecular complexity index is 1200. The van der Waals surface area contributed by atoms with Crippen molar-refractivity contribution >= 4 is 11.8 Å². The van der Waals surface area contributed by atoms with E-state index < -0.39 is 5.92 Å². The fourth-order valence-electron chi connectivity index (χ4n) is 4.80. The summed E-state index contributed by atoms with van der Waals surface area (Å²) in [6.07, 6.45) is 0. The normalized spacial score (nSPS) is 16.9.